The molecule has 4 nitrogen and oxygen atoms in total. The number of nitrogens with zero attached hydrogens (tertiary/aromatic N) is 2. The van der Waals surface area contributed by atoms with Gasteiger partial charge in [-0.25, -0.2) is 0 Å². The summed E-state index contributed by atoms with van der Waals surface area (Å²) in [4.78, 5) is 7.20. The van der Waals surface area contributed by atoms with Gasteiger partial charge in [0.05, 0.1) is 0 Å². The summed E-state index contributed by atoms with van der Waals surface area (Å²) in [7, 11) is 0. The number of hydrogen-bond acceptors (Lipinski definition) is 3. The topological polar surface area (TPSA) is 39.7 Å². The molecule has 24 heavy (non-hydrogen) atoms. The van der Waals surface area contributed by atoms with Gasteiger partial charge in [0.25, 0.3) is 0 Å². The van der Waals surface area contributed by atoms with Gasteiger partial charge < -0.3 is 15.5 Å². The summed E-state index contributed by atoms with van der Waals surface area (Å²) in [5.41, 5.74) is 1.34. The maximum atomic E-state index is 4.73. The first-order chi connectivity index (χ1) is 11.8. The Morgan fingerprint density at radius 1 is 1.21 bits per heavy atom. The van der Waals surface area contributed by atoms with Crippen LogP contribution in [0.3, 0.4) is 0 Å². The maximum Gasteiger partial charge on any atom is 0.191 e. The summed E-state index contributed by atoms with van der Waals surface area (Å²) in [5, 5.41) is 7.01. The van der Waals surface area contributed by atoms with E-state index in [-0.39, 0.29) is 0 Å². The Kier molecular flexibility index (Phi) is 8.88. The molecule has 1 saturated heterocycles. The van der Waals surface area contributed by atoms with Crippen molar-refractivity contribution in [3.05, 3.63) is 30.3 Å². The second-order valence-electron chi connectivity index (χ2n) is 6.20. The molecule has 1 aromatic rings. The number of piperidine rings is 1. The Labute approximate surface area is 151 Å². The number of anilines is 1. The van der Waals surface area contributed by atoms with E-state index in [1.54, 1.807) is 0 Å². The Morgan fingerprint density at radius 2 is 1.96 bits per heavy atom. The largest absolute Gasteiger partial charge is 0.371 e. The number of thioether (sulfide) groups is 1. The van der Waals surface area contributed by atoms with Crippen molar-refractivity contribution in [1.82, 2.24) is 10.6 Å². The third-order valence-electron chi connectivity index (χ3n) is 4.33. The van der Waals surface area contributed by atoms with Gasteiger partial charge in [-0.3, -0.25) is 4.99 Å². The van der Waals surface area contributed by atoms with E-state index in [1.807, 2.05) is 11.8 Å². The molecule has 0 saturated carbocycles. The van der Waals surface area contributed by atoms with Gasteiger partial charge in [-0.2, -0.15) is 11.8 Å². The number of unbranched alkanes of at least 4 members (excludes halogenated alkanes) is 1. The third-order valence-corrected chi connectivity index (χ3v) is 5.02. The van der Waals surface area contributed by atoms with Crippen molar-refractivity contribution in [2.75, 3.05) is 43.1 Å². The minimum Gasteiger partial charge on any atom is -0.371 e. The normalized spacial score (nSPS) is 16.2. The van der Waals surface area contributed by atoms with E-state index in [9.17, 15) is 0 Å². The molecule has 5 heteroatoms. The fourth-order valence-electron chi connectivity index (χ4n) is 2.98. The molecule has 1 heterocycles. The number of nitrogens with one attached hydrogen (secondary N) is 2. The molecule has 0 radical (unpaired) electrons. The zero-order chi connectivity index (χ0) is 17.0. The molecular formula is C19H32N4S. The van der Waals surface area contributed by atoms with Gasteiger partial charge in [0.2, 0.25) is 0 Å². The summed E-state index contributed by atoms with van der Waals surface area (Å²) in [6.07, 6.45) is 6.90. The van der Waals surface area contributed by atoms with E-state index < -0.39 is 0 Å². The molecule has 134 valence electrons. The maximum absolute atomic E-state index is 4.73. The molecule has 1 fully saturated rings. The van der Waals surface area contributed by atoms with E-state index in [1.165, 1.54) is 24.3 Å². The predicted molar refractivity (Wildman–Crippen MR) is 108 cm³/mol. The second kappa shape index (κ2) is 11.2. The van der Waals surface area contributed by atoms with Gasteiger partial charge in [-0.1, -0.05) is 18.2 Å². The summed E-state index contributed by atoms with van der Waals surface area (Å²) >= 11 is 1.91. The zero-order valence-electron chi connectivity index (χ0n) is 15.1. The van der Waals surface area contributed by atoms with E-state index in [4.69, 9.17) is 4.99 Å². The van der Waals surface area contributed by atoms with Crippen LogP contribution in [0.1, 0.15) is 32.6 Å². The van der Waals surface area contributed by atoms with Crippen LogP contribution >= 0.6 is 11.8 Å². The molecule has 0 aromatic heterocycles. The summed E-state index contributed by atoms with van der Waals surface area (Å²) in [6.45, 7) is 6.17. The third kappa shape index (κ3) is 6.63. The highest BCUT2D eigenvalue weighted by Crippen LogP contribution is 2.19. The smallest absolute Gasteiger partial charge is 0.191 e. The minimum atomic E-state index is 0.522. The molecule has 0 atom stereocenters. The van der Waals surface area contributed by atoms with Gasteiger partial charge in [0.1, 0.15) is 0 Å². The fraction of sp³-hybridized carbons (Fsp3) is 0.632. The van der Waals surface area contributed by atoms with Crippen LogP contribution in [-0.2, 0) is 0 Å². The van der Waals surface area contributed by atoms with E-state index in [0.717, 1.165) is 45.0 Å². The Balaban J connectivity index is 1.76. The summed E-state index contributed by atoms with van der Waals surface area (Å²) in [6, 6.07) is 11.2. The number of aliphatic imine (C=N–C) groups is 1. The number of benzene rings is 1. The van der Waals surface area contributed by atoms with Crippen LogP contribution in [0.25, 0.3) is 0 Å². The molecule has 2 rings (SSSR count). The van der Waals surface area contributed by atoms with Gasteiger partial charge in [-0.15, -0.1) is 0 Å². The van der Waals surface area contributed by atoms with Gasteiger partial charge in [0, 0.05) is 37.9 Å². The average molecular weight is 349 g/mol. The first kappa shape index (κ1) is 19.0. The van der Waals surface area contributed by atoms with Crippen LogP contribution in [0.5, 0.6) is 0 Å². The highest BCUT2D eigenvalue weighted by atomic mass is 32.2. The van der Waals surface area contributed by atoms with E-state index >= 15 is 0 Å². The number of rotatable bonds is 8. The molecule has 0 aliphatic carbocycles. The quantitative estimate of drug-likeness (QED) is 0.429. The Hall–Kier alpha value is -1.36. The van der Waals surface area contributed by atoms with Crippen molar-refractivity contribution in [2.45, 2.75) is 38.6 Å². The van der Waals surface area contributed by atoms with Crippen LogP contribution in [-0.4, -0.2) is 50.2 Å². The number of hydrogen-bond donors (Lipinski definition) is 2. The number of guanidine groups is 1. The number of para-hydroxylation sites is 1. The Morgan fingerprint density at radius 3 is 2.62 bits per heavy atom. The lowest BCUT2D eigenvalue weighted by atomic mass is 10.0. The Bertz CT molecular complexity index is 470. The standard InChI is InChI=1S/C19H32N4S/c1-3-20-19(21-13-7-8-16-24-2)22-17-11-14-23(15-12-17)18-9-5-4-6-10-18/h4-6,9-10,17H,3,7-8,11-16H2,1-2H3,(H2,20,21,22). The van der Waals surface area contributed by atoms with Crippen LogP contribution in [0.4, 0.5) is 5.69 Å². The van der Waals surface area contributed by atoms with Gasteiger partial charge in [-0.05, 0) is 56.7 Å². The molecule has 1 aromatic carbocycles. The van der Waals surface area contributed by atoms with Crippen molar-refractivity contribution < 1.29 is 0 Å². The minimum absolute atomic E-state index is 0.522. The molecule has 0 unspecified atom stereocenters. The van der Waals surface area contributed by atoms with Gasteiger partial charge >= 0.3 is 0 Å². The van der Waals surface area contributed by atoms with E-state index in [2.05, 4.69) is 59.0 Å². The monoisotopic (exact) mass is 348 g/mol. The zero-order valence-corrected chi connectivity index (χ0v) is 15.9. The first-order valence-electron chi connectivity index (χ1n) is 9.17. The van der Waals surface area contributed by atoms with Crippen molar-refractivity contribution in [3.63, 3.8) is 0 Å². The van der Waals surface area contributed by atoms with Crippen molar-refractivity contribution in [1.29, 1.82) is 0 Å². The highest BCUT2D eigenvalue weighted by molar-refractivity contribution is 7.98. The lowest BCUT2D eigenvalue weighted by Gasteiger charge is -2.34. The van der Waals surface area contributed by atoms with Crippen LogP contribution in [0.15, 0.2) is 35.3 Å². The van der Waals surface area contributed by atoms with Crippen molar-refractivity contribution in [2.24, 2.45) is 4.99 Å². The highest BCUT2D eigenvalue weighted by Gasteiger charge is 2.19. The molecule has 0 spiro atoms. The fourth-order valence-corrected chi connectivity index (χ4v) is 3.48. The molecule has 1 aliphatic rings. The van der Waals surface area contributed by atoms with E-state index in [0.29, 0.717) is 6.04 Å². The summed E-state index contributed by atoms with van der Waals surface area (Å²) < 4.78 is 0. The molecule has 2 N–H and O–H groups in total. The average Bonchev–Trinajstić information content (AvgIpc) is 2.63. The first-order valence-corrected chi connectivity index (χ1v) is 10.6. The molecule has 0 amide bonds. The molecular weight excluding hydrogens is 316 g/mol. The second-order valence-corrected chi connectivity index (χ2v) is 7.19. The van der Waals surface area contributed by atoms with Gasteiger partial charge in [0.15, 0.2) is 5.96 Å². The lowest BCUT2D eigenvalue weighted by molar-refractivity contribution is 0.461. The summed E-state index contributed by atoms with van der Waals surface area (Å²) in [5.74, 6) is 2.22. The van der Waals surface area contributed by atoms with Crippen LogP contribution in [0.2, 0.25) is 0 Å². The SMILES string of the molecule is CCNC(=NCCCCSC)NC1CCN(c2ccccc2)CC1. The molecule has 1 aliphatic heterocycles. The lowest BCUT2D eigenvalue weighted by Crippen LogP contribution is -2.48. The predicted octanol–water partition coefficient (Wildman–Crippen LogP) is 3.35. The molecule has 0 bridgehead atoms. The van der Waals surface area contributed by atoms with Crippen molar-refractivity contribution >= 4 is 23.4 Å². The van der Waals surface area contributed by atoms with Crippen LogP contribution < -0.4 is 15.5 Å². The van der Waals surface area contributed by atoms with Crippen molar-refractivity contribution in [3.8, 4) is 0 Å². The van der Waals surface area contributed by atoms with Crippen LogP contribution in [0, 0.1) is 0 Å².